The zero-order valence-electron chi connectivity index (χ0n) is 9.96. The number of hydrogen-bond donors (Lipinski definition) is 0. The fourth-order valence-corrected chi connectivity index (χ4v) is 2.39. The summed E-state index contributed by atoms with van der Waals surface area (Å²) in [4.78, 5) is 12.0. The van der Waals surface area contributed by atoms with Crippen molar-refractivity contribution in [2.75, 3.05) is 12.4 Å². The Hall–Kier alpha value is -1.74. The van der Waals surface area contributed by atoms with E-state index in [1.165, 1.54) is 21.7 Å². The van der Waals surface area contributed by atoms with E-state index >= 15 is 0 Å². The smallest absolute Gasteiger partial charge is 0.330 e. The third-order valence-corrected chi connectivity index (χ3v) is 3.44. The third-order valence-electron chi connectivity index (χ3n) is 2.48. The number of benzene rings is 2. The first kappa shape index (κ1) is 12.7. The van der Waals surface area contributed by atoms with Crippen molar-refractivity contribution in [3.63, 3.8) is 0 Å². The minimum Gasteiger partial charge on any atom is -0.462 e. The second-order valence-electron chi connectivity index (χ2n) is 3.73. The highest BCUT2D eigenvalue weighted by Crippen LogP contribution is 2.23. The molecule has 0 aliphatic rings. The van der Waals surface area contributed by atoms with E-state index in [2.05, 4.69) is 36.9 Å². The van der Waals surface area contributed by atoms with Gasteiger partial charge in [-0.15, -0.1) is 11.8 Å². The number of thioether (sulfide) groups is 1. The summed E-state index contributed by atoms with van der Waals surface area (Å²) in [5.41, 5.74) is 0. The second kappa shape index (κ2) is 6.26. The molecule has 0 N–H and O–H groups in total. The van der Waals surface area contributed by atoms with Crippen molar-refractivity contribution in [3.05, 3.63) is 55.1 Å². The van der Waals surface area contributed by atoms with Crippen LogP contribution in [0.5, 0.6) is 0 Å². The molecule has 0 bridgehead atoms. The molecule has 0 aliphatic heterocycles. The van der Waals surface area contributed by atoms with E-state index in [9.17, 15) is 4.79 Å². The molecule has 2 aromatic carbocycles. The highest BCUT2D eigenvalue weighted by Gasteiger charge is 1.99. The van der Waals surface area contributed by atoms with Gasteiger partial charge in [0.1, 0.15) is 6.61 Å². The van der Waals surface area contributed by atoms with Crippen molar-refractivity contribution in [1.29, 1.82) is 0 Å². The number of esters is 1. The van der Waals surface area contributed by atoms with Crippen molar-refractivity contribution in [2.45, 2.75) is 4.90 Å². The van der Waals surface area contributed by atoms with E-state index in [4.69, 9.17) is 4.74 Å². The monoisotopic (exact) mass is 258 g/mol. The lowest BCUT2D eigenvalue weighted by Gasteiger charge is -2.04. The Bertz CT molecular complexity index is 563. The van der Waals surface area contributed by atoms with Crippen molar-refractivity contribution in [2.24, 2.45) is 0 Å². The van der Waals surface area contributed by atoms with Crippen LogP contribution in [0.3, 0.4) is 0 Å². The summed E-state index contributed by atoms with van der Waals surface area (Å²) < 4.78 is 4.92. The van der Waals surface area contributed by atoms with E-state index in [-0.39, 0.29) is 5.97 Å². The van der Waals surface area contributed by atoms with Crippen LogP contribution in [0.4, 0.5) is 0 Å². The maximum absolute atomic E-state index is 10.8. The van der Waals surface area contributed by atoms with E-state index in [1.54, 1.807) is 11.8 Å². The number of fused-ring (bicyclic) bond motifs is 1. The highest BCUT2D eigenvalue weighted by molar-refractivity contribution is 7.99. The first-order valence-electron chi connectivity index (χ1n) is 5.70. The lowest BCUT2D eigenvalue weighted by Crippen LogP contribution is -2.03. The molecule has 2 nitrogen and oxygen atoms in total. The molecular weight excluding hydrogens is 244 g/mol. The number of carbonyl (C=O) groups excluding carboxylic acids is 1. The van der Waals surface area contributed by atoms with Gasteiger partial charge in [0.15, 0.2) is 0 Å². The summed E-state index contributed by atoms with van der Waals surface area (Å²) in [5, 5.41) is 2.46. The minimum absolute atomic E-state index is 0.367. The van der Waals surface area contributed by atoms with Crippen molar-refractivity contribution in [1.82, 2.24) is 0 Å². The van der Waals surface area contributed by atoms with Crippen LogP contribution in [0.15, 0.2) is 60.0 Å². The first-order valence-corrected chi connectivity index (χ1v) is 6.69. The topological polar surface area (TPSA) is 26.3 Å². The first-order chi connectivity index (χ1) is 8.79. The predicted molar refractivity (Wildman–Crippen MR) is 75.8 cm³/mol. The van der Waals surface area contributed by atoms with Crippen LogP contribution in [-0.4, -0.2) is 18.3 Å². The fourth-order valence-electron chi connectivity index (χ4n) is 1.62. The molecule has 0 radical (unpaired) electrons. The van der Waals surface area contributed by atoms with Crippen molar-refractivity contribution >= 4 is 28.5 Å². The number of hydrogen-bond acceptors (Lipinski definition) is 3. The molecule has 0 atom stereocenters. The lowest BCUT2D eigenvalue weighted by molar-refractivity contribution is -0.137. The van der Waals surface area contributed by atoms with Gasteiger partial charge < -0.3 is 4.74 Å². The van der Waals surface area contributed by atoms with E-state index in [1.807, 2.05) is 12.1 Å². The van der Waals surface area contributed by atoms with Crippen molar-refractivity contribution in [3.8, 4) is 0 Å². The SMILES string of the molecule is C=CC(=O)OCCSc1ccc2ccccc2c1. The minimum atomic E-state index is -0.367. The predicted octanol–water partition coefficient (Wildman–Crippen LogP) is 3.66. The van der Waals surface area contributed by atoms with Gasteiger partial charge in [0.2, 0.25) is 0 Å². The summed E-state index contributed by atoms with van der Waals surface area (Å²) >= 11 is 1.68. The normalized spacial score (nSPS) is 10.2. The Morgan fingerprint density at radius 2 is 2.00 bits per heavy atom. The fraction of sp³-hybridized carbons (Fsp3) is 0.133. The van der Waals surface area contributed by atoms with Gasteiger partial charge in [0.25, 0.3) is 0 Å². The molecule has 0 amide bonds. The summed E-state index contributed by atoms with van der Waals surface area (Å²) in [6.07, 6.45) is 1.18. The number of ether oxygens (including phenoxy) is 1. The molecule has 0 fully saturated rings. The van der Waals surface area contributed by atoms with E-state index in [0.717, 1.165) is 5.75 Å². The molecule has 2 rings (SSSR count). The summed E-state index contributed by atoms with van der Waals surface area (Å²) in [5.74, 6) is 0.381. The Balaban J connectivity index is 1.91. The Kier molecular flexibility index (Phi) is 4.42. The Morgan fingerprint density at radius 3 is 2.78 bits per heavy atom. The molecule has 3 heteroatoms. The van der Waals surface area contributed by atoms with Gasteiger partial charge >= 0.3 is 5.97 Å². The number of rotatable bonds is 5. The van der Waals surface area contributed by atoms with Crippen LogP contribution in [0, 0.1) is 0 Å². The molecule has 0 saturated heterocycles. The molecule has 0 aromatic heterocycles. The van der Waals surface area contributed by atoms with Crippen LogP contribution >= 0.6 is 11.8 Å². The van der Waals surface area contributed by atoms with Crippen LogP contribution in [-0.2, 0) is 9.53 Å². The van der Waals surface area contributed by atoms with Gasteiger partial charge in [-0.1, -0.05) is 36.9 Å². The molecule has 0 unspecified atom stereocenters. The summed E-state index contributed by atoms with van der Waals surface area (Å²) in [6.45, 7) is 3.76. The number of carbonyl (C=O) groups is 1. The largest absolute Gasteiger partial charge is 0.462 e. The maximum atomic E-state index is 10.8. The third kappa shape index (κ3) is 3.37. The summed E-state index contributed by atoms with van der Waals surface area (Å²) in [6, 6.07) is 14.6. The van der Waals surface area contributed by atoms with Crippen LogP contribution in [0.1, 0.15) is 0 Å². The van der Waals surface area contributed by atoms with Crippen molar-refractivity contribution < 1.29 is 9.53 Å². The van der Waals surface area contributed by atoms with Gasteiger partial charge in [-0.2, -0.15) is 0 Å². The molecule has 0 aliphatic carbocycles. The molecular formula is C15H14O2S. The van der Waals surface area contributed by atoms with Gasteiger partial charge in [-0.05, 0) is 22.9 Å². The van der Waals surface area contributed by atoms with Gasteiger partial charge in [-0.25, -0.2) is 4.79 Å². The average Bonchev–Trinajstić information content (AvgIpc) is 2.43. The molecule has 92 valence electrons. The molecule has 2 aromatic rings. The Morgan fingerprint density at radius 1 is 1.22 bits per heavy atom. The van der Waals surface area contributed by atoms with Gasteiger partial charge in [0, 0.05) is 16.7 Å². The van der Waals surface area contributed by atoms with Gasteiger partial charge in [-0.3, -0.25) is 0 Å². The van der Waals surface area contributed by atoms with Crippen LogP contribution < -0.4 is 0 Å². The lowest BCUT2D eigenvalue weighted by atomic mass is 10.1. The maximum Gasteiger partial charge on any atom is 0.330 e. The summed E-state index contributed by atoms with van der Waals surface area (Å²) in [7, 11) is 0. The molecule has 0 saturated carbocycles. The Labute approximate surface area is 111 Å². The zero-order valence-corrected chi connectivity index (χ0v) is 10.8. The molecule has 0 spiro atoms. The molecule has 18 heavy (non-hydrogen) atoms. The molecule has 0 heterocycles. The standard InChI is InChI=1S/C15H14O2S/c1-2-15(16)17-9-10-18-14-8-7-12-5-3-4-6-13(12)11-14/h2-8,11H,1,9-10H2. The second-order valence-corrected chi connectivity index (χ2v) is 4.90. The quantitative estimate of drug-likeness (QED) is 0.354. The zero-order chi connectivity index (χ0) is 12.8. The van der Waals surface area contributed by atoms with E-state index < -0.39 is 0 Å². The highest BCUT2D eigenvalue weighted by atomic mass is 32.2. The van der Waals surface area contributed by atoms with Crippen LogP contribution in [0.2, 0.25) is 0 Å². The van der Waals surface area contributed by atoms with E-state index in [0.29, 0.717) is 6.61 Å². The average molecular weight is 258 g/mol. The van der Waals surface area contributed by atoms with Gasteiger partial charge in [0.05, 0.1) is 0 Å². The van der Waals surface area contributed by atoms with Crippen LogP contribution in [0.25, 0.3) is 10.8 Å².